The minimum Gasteiger partial charge on any atom is -0.454 e. The second kappa shape index (κ2) is 6.78. The molecule has 1 heterocycles. The lowest BCUT2D eigenvalue weighted by Gasteiger charge is -2.01. The first-order valence-corrected chi connectivity index (χ1v) is 6.45. The third kappa shape index (κ3) is 3.27. The minimum absolute atomic E-state index is 0. The van der Waals surface area contributed by atoms with Gasteiger partial charge < -0.3 is 15.9 Å². The lowest BCUT2D eigenvalue weighted by Crippen LogP contribution is -2.22. The van der Waals surface area contributed by atoms with Crippen LogP contribution >= 0.6 is 12.4 Å². The van der Waals surface area contributed by atoms with E-state index in [-0.39, 0.29) is 18.4 Å². The van der Waals surface area contributed by atoms with E-state index >= 15 is 0 Å². The molecule has 0 amide bonds. The van der Waals surface area contributed by atoms with Gasteiger partial charge in [0.1, 0.15) is 11.3 Å². The highest BCUT2D eigenvalue weighted by Crippen LogP contribution is 2.21. The molecule has 0 saturated heterocycles. The Morgan fingerprint density at radius 3 is 2.23 bits per heavy atom. The smallest absolute Gasteiger partial charge is 0.211 e. The summed E-state index contributed by atoms with van der Waals surface area (Å²) in [5, 5.41) is 8.87. The highest BCUT2D eigenvalue weighted by atomic mass is 35.5. The molecule has 0 fully saturated rings. The third-order valence-corrected chi connectivity index (χ3v) is 2.97. The molecule has 0 unspecified atom stereocenters. The summed E-state index contributed by atoms with van der Waals surface area (Å²) in [6.45, 7) is 0. The number of nitrogens with zero attached hydrogens (tertiary/aromatic N) is 2. The number of benzene rings is 2. The van der Waals surface area contributed by atoms with Crippen molar-refractivity contribution in [1.29, 1.82) is 0 Å². The van der Waals surface area contributed by atoms with E-state index in [0.29, 0.717) is 11.5 Å². The van der Waals surface area contributed by atoms with E-state index in [1.54, 1.807) is 0 Å². The molecule has 0 bridgehead atoms. The van der Waals surface area contributed by atoms with Crippen LogP contribution in [0.3, 0.4) is 0 Å². The van der Waals surface area contributed by atoms with Crippen molar-refractivity contribution in [1.82, 2.24) is 0 Å². The number of nitrogens with two attached hydrogens (primary N) is 2. The molecule has 0 radical (unpaired) electrons. The molecule has 3 aromatic rings. The van der Waals surface area contributed by atoms with Crippen LogP contribution in [0.1, 0.15) is 11.3 Å². The number of para-hydroxylation sites is 1. The van der Waals surface area contributed by atoms with Crippen LogP contribution in [0, 0.1) is 0 Å². The van der Waals surface area contributed by atoms with Crippen LogP contribution < -0.4 is 11.5 Å². The fraction of sp³-hybridized carbons (Fsp3) is 0. The standard InChI is InChI=1S/C16H14N4O.ClH/c17-16(18)20-19-15(11-6-2-1-3-7-11)14-10-12-8-4-5-9-13(12)21-14;/h1-10H,(H4,17,18,20);1H/b19-15+;. The fourth-order valence-electron chi connectivity index (χ4n) is 2.05. The summed E-state index contributed by atoms with van der Waals surface area (Å²) >= 11 is 0. The van der Waals surface area contributed by atoms with Crippen molar-refractivity contribution in [2.75, 3.05) is 0 Å². The van der Waals surface area contributed by atoms with Gasteiger partial charge in [-0.25, -0.2) is 0 Å². The van der Waals surface area contributed by atoms with Crippen LogP contribution in [-0.2, 0) is 0 Å². The summed E-state index contributed by atoms with van der Waals surface area (Å²) in [6.07, 6.45) is 0. The largest absolute Gasteiger partial charge is 0.454 e. The molecule has 4 N–H and O–H groups in total. The Labute approximate surface area is 133 Å². The molecule has 5 nitrogen and oxygen atoms in total. The zero-order chi connectivity index (χ0) is 14.7. The van der Waals surface area contributed by atoms with E-state index in [1.165, 1.54) is 0 Å². The number of guanidine groups is 1. The quantitative estimate of drug-likeness (QED) is 0.442. The Morgan fingerprint density at radius 1 is 0.864 bits per heavy atom. The van der Waals surface area contributed by atoms with Gasteiger partial charge in [0.25, 0.3) is 0 Å². The van der Waals surface area contributed by atoms with Crippen LogP contribution in [0.4, 0.5) is 0 Å². The van der Waals surface area contributed by atoms with Crippen molar-refractivity contribution in [2.24, 2.45) is 21.7 Å². The molecule has 0 aliphatic heterocycles. The first kappa shape index (κ1) is 15.6. The highest BCUT2D eigenvalue weighted by Gasteiger charge is 2.12. The van der Waals surface area contributed by atoms with Crippen LogP contribution in [0.15, 0.2) is 75.3 Å². The van der Waals surface area contributed by atoms with E-state index < -0.39 is 0 Å². The second-order valence-electron chi connectivity index (χ2n) is 4.49. The lowest BCUT2D eigenvalue weighted by molar-refractivity contribution is 0.605. The first-order valence-electron chi connectivity index (χ1n) is 6.45. The van der Waals surface area contributed by atoms with E-state index in [0.717, 1.165) is 16.5 Å². The summed E-state index contributed by atoms with van der Waals surface area (Å²) in [5.41, 5.74) is 13.0. The highest BCUT2D eigenvalue weighted by molar-refractivity contribution is 6.12. The number of fused-ring (bicyclic) bond motifs is 1. The van der Waals surface area contributed by atoms with Crippen LogP contribution in [0.25, 0.3) is 11.0 Å². The summed E-state index contributed by atoms with van der Waals surface area (Å²) in [6, 6.07) is 19.3. The van der Waals surface area contributed by atoms with Gasteiger partial charge in [-0.05, 0) is 12.1 Å². The second-order valence-corrected chi connectivity index (χ2v) is 4.49. The summed E-state index contributed by atoms with van der Waals surface area (Å²) in [7, 11) is 0. The predicted octanol–water partition coefficient (Wildman–Crippen LogP) is 2.88. The van der Waals surface area contributed by atoms with Gasteiger partial charge in [-0.15, -0.1) is 22.6 Å². The van der Waals surface area contributed by atoms with Crippen molar-refractivity contribution < 1.29 is 4.42 Å². The average Bonchev–Trinajstić information content (AvgIpc) is 2.92. The van der Waals surface area contributed by atoms with Crippen LogP contribution in [-0.4, -0.2) is 11.7 Å². The van der Waals surface area contributed by atoms with Gasteiger partial charge in [-0.1, -0.05) is 48.5 Å². The van der Waals surface area contributed by atoms with Gasteiger partial charge in [-0.3, -0.25) is 0 Å². The van der Waals surface area contributed by atoms with Crippen molar-refractivity contribution in [3.05, 3.63) is 72.0 Å². The summed E-state index contributed by atoms with van der Waals surface area (Å²) < 4.78 is 5.84. The van der Waals surface area contributed by atoms with Gasteiger partial charge in [0.2, 0.25) is 5.96 Å². The zero-order valence-electron chi connectivity index (χ0n) is 11.6. The number of halogens is 1. The maximum atomic E-state index is 5.84. The van der Waals surface area contributed by atoms with Gasteiger partial charge in [0.05, 0.1) is 0 Å². The molecular weight excluding hydrogens is 300 g/mol. The Morgan fingerprint density at radius 2 is 1.55 bits per heavy atom. The Balaban J connectivity index is 0.00000176. The molecule has 3 rings (SSSR count). The Hall–Kier alpha value is -2.79. The predicted molar refractivity (Wildman–Crippen MR) is 91.4 cm³/mol. The maximum Gasteiger partial charge on any atom is 0.211 e. The summed E-state index contributed by atoms with van der Waals surface area (Å²) in [4.78, 5) is 0. The fourth-order valence-corrected chi connectivity index (χ4v) is 2.05. The van der Waals surface area contributed by atoms with Crippen LogP contribution in [0.5, 0.6) is 0 Å². The van der Waals surface area contributed by atoms with Crippen molar-refractivity contribution in [3.8, 4) is 0 Å². The van der Waals surface area contributed by atoms with Gasteiger partial charge in [0, 0.05) is 10.9 Å². The molecule has 0 atom stereocenters. The van der Waals surface area contributed by atoms with Gasteiger partial charge in [-0.2, -0.15) is 0 Å². The molecule has 1 aromatic heterocycles. The van der Waals surface area contributed by atoms with Crippen molar-refractivity contribution in [3.63, 3.8) is 0 Å². The lowest BCUT2D eigenvalue weighted by atomic mass is 10.1. The molecule has 0 spiro atoms. The molecule has 0 saturated carbocycles. The Kier molecular flexibility index (Phi) is 4.80. The zero-order valence-corrected chi connectivity index (χ0v) is 12.5. The van der Waals surface area contributed by atoms with E-state index in [4.69, 9.17) is 15.9 Å². The summed E-state index contributed by atoms with van der Waals surface area (Å²) in [5.74, 6) is 0.520. The van der Waals surface area contributed by atoms with Crippen molar-refractivity contribution >= 4 is 35.0 Å². The average molecular weight is 315 g/mol. The normalized spacial score (nSPS) is 11.0. The number of hydrogen-bond donors (Lipinski definition) is 2. The SMILES string of the molecule is Cl.NC(N)=N/N=C(\c1ccccc1)c1cc2ccccc2o1. The molecule has 112 valence electrons. The van der Waals surface area contributed by atoms with Gasteiger partial charge >= 0.3 is 0 Å². The number of hydrogen-bond acceptors (Lipinski definition) is 3. The van der Waals surface area contributed by atoms with E-state index in [2.05, 4.69) is 10.2 Å². The maximum absolute atomic E-state index is 5.84. The molecule has 0 aliphatic rings. The molecular formula is C16H15ClN4O. The first-order chi connectivity index (χ1) is 10.2. The molecule has 2 aromatic carbocycles. The topological polar surface area (TPSA) is 89.9 Å². The third-order valence-electron chi connectivity index (χ3n) is 2.97. The van der Waals surface area contributed by atoms with Gasteiger partial charge in [0.15, 0.2) is 5.76 Å². The van der Waals surface area contributed by atoms with Crippen LogP contribution in [0.2, 0.25) is 0 Å². The minimum atomic E-state index is -0.0976. The molecule has 0 aliphatic carbocycles. The molecule has 6 heteroatoms. The van der Waals surface area contributed by atoms with E-state index in [1.807, 2.05) is 60.7 Å². The number of rotatable bonds is 3. The van der Waals surface area contributed by atoms with E-state index in [9.17, 15) is 0 Å². The Bertz CT molecular complexity index is 787. The van der Waals surface area contributed by atoms with Crippen molar-refractivity contribution in [2.45, 2.75) is 0 Å². The monoisotopic (exact) mass is 314 g/mol. The number of furan rings is 1. The molecule has 22 heavy (non-hydrogen) atoms.